The molecule has 158 valence electrons. The Labute approximate surface area is 142 Å². The molecule has 3 fully saturated rings. The van der Waals surface area contributed by atoms with Gasteiger partial charge in [-0.2, -0.15) is 52.7 Å². The first-order chi connectivity index (χ1) is 11.9. The lowest BCUT2D eigenvalue weighted by atomic mass is 9.67. The van der Waals surface area contributed by atoms with Crippen molar-refractivity contribution in [3.05, 3.63) is 0 Å². The summed E-state index contributed by atoms with van der Waals surface area (Å²) in [6, 6.07) is 0. The van der Waals surface area contributed by atoms with Gasteiger partial charge in [-0.15, -0.1) is 0 Å². The molecule has 3 unspecified atom stereocenters. The second-order valence-corrected chi connectivity index (χ2v) is 6.87. The van der Waals surface area contributed by atoms with Crippen molar-refractivity contribution in [2.45, 2.75) is 61.5 Å². The first-order valence-electron chi connectivity index (χ1n) is 7.51. The fourth-order valence-electron chi connectivity index (χ4n) is 4.53. The highest BCUT2D eigenvalue weighted by Gasteiger charge is 2.87. The number of fused-ring (bicyclic) bond motifs is 5. The smallest absolute Gasteiger partial charge is 0.357 e. The molecule has 0 radical (unpaired) electrons. The Balaban J connectivity index is 1.81. The highest BCUT2D eigenvalue weighted by atomic mass is 19.4. The van der Waals surface area contributed by atoms with Crippen LogP contribution in [0.1, 0.15) is 12.8 Å². The van der Waals surface area contributed by atoms with Gasteiger partial charge in [0.1, 0.15) is 0 Å². The number of hydrogen-bond acceptors (Lipinski definition) is 2. The van der Waals surface area contributed by atoms with Crippen molar-refractivity contribution in [3.8, 4) is 0 Å². The number of halogens is 12. The summed E-state index contributed by atoms with van der Waals surface area (Å²) in [5, 5.41) is 0. The van der Waals surface area contributed by atoms with Crippen LogP contribution in [0.2, 0.25) is 0 Å². The summed E-state index contributed by atoms with van der Waals surface area (Å²) in [5.41, 5.74) is -4.46. The molecule has 2 nitrogen and oxygen atoms in total. The molecule has 0 aromatic heterocycles. The van der Waals surface area contributed by atoms with Gasteiger partial charge in [0.25, 0.3) is 5.60 Å². The van der Waals surface area contributed by atoms with Gasteiger partial charge in [-0.05, 0) is 18.8 Å². The highest BCUT2D eigenvalue weighted by Crippen LogP contribution is 2.69. The number of alkyl halides is 12. The van der Waals surface area contributed by atoms with E-state index in [1.54, 1.807) is 0 Å². The zero-order chi connectivity index (χ0) is 20.8. The summed E-state index contributed by atoms with van der Waals surface area (Å²) in [5.74, 6) is -4.94. The normalized spacial score (nSPS) is 36.1. The predicted molar refractivity (Wildman–Crippen MR) is 60.2 cm³/mol. The molecule has 2 bridgehead atoms. The van der Waals surface area contributed by atoms with E-state index in [9.17, 15) is 52.7 Å². The van der Waals surface area contributed by atoms with E-state index in [1.165, 1.54) is 0 Å². The molecule has 0 aromatic carbocycles. The predicted octanol–water partition coefficient (Wildman–Crippen LogP) is 4.78. The molecule has 0 N–H and O–H groups in total. The molecular formula is C13H10F12O2. The fraction of sp³-hybridized carbons (Fsp3) is 1.00. The van der Waals surface area contributed by atoms with E-state index in [2.05, 4.69) is 9.47 Å². The van der Waals surface area contributed by atoms with Crippen molar-refractivity contribution in [2.75, 3.05) is 0 Å². The van der Waals surface area contributed by atoms with E-state index in [1.807, 2.05) is 0 Å². The quantitative estimate of drug-likeness (QED) is 0.592. The second kappa shape index (κ2) is 5.57. The van der Waals surface area contributed by atoms with Gasteiger partial charge in [0.15, 0.2) is 0 Å². The fourth-order valence-corrected chi connectivity index (χ4v) is 4.53. The summed E-state index contributed by atoms with van der Waals surface area (Å²) in [4.78, 5) is 0. The minimum Gasteiger partial charge on any atom is -0.357 e. The van der Waals surface area contributed by atoms with Crippen molar-refractivity contribution in [1.29, 1.82) is 0 Å². The van der Waals surface area contributed by atoms with E-state index in [0.717, 1.165) is 0 Å². The maximum atomic E-state index is 13.1. The van der Waals surface area contributed by atoms with Crippen molar-refractivity contribution >= 4 is 0 Å². The van der Waals surface area contributed by atoms with Crippen LogP contribution in [0.15, 0.2) is 0 Å². The maximum Gasteiger partial charge on any atom is 0.426 e. The molecule has 5 atom stereocenters. The lowest BCUT2D eigenvalue weighted by molar-refractivity contribution is -0.474. The Kier molecular flexibility index (Phi) is 4.29. The van der Waals surface area contributed by atoms with Crippen LogP contribution < -0.4 is 0 Å². The lowest BCUT2D eigenvalue weighted by Crippen LogP contribution is -2.76. The van der Waals surface area contributed by atoms with Gasteiger partial charge < -0.3 is 9.47 Å². The van der Waals surface area contributed by atoms with Crippen molar-refractivity contribution in [3.63, 3.8) is 0 Å². The van der Waals surface area contributed by atoms with Crippen molar-refractivity contribution in [1.82, 2.24) is 0 Å². The first kappa shape index (κ1) is 20.8. The summed E-state index contributed by atoms with van der Waals surface area (Å²) in [6.07, 6.45) is -32.3. The molecule has 2 aliphatic carbocycles. The van der Waals surface area contributed by atoms with Crippen LogP contribution in [0.25, 0.3) is 0 Å². The van der Waals surface area contributed by atoms with E-state index in [-0.39, 0.29) is 0 Å². The third-order valence-corrected chi connectivity index (χ3v) is 5.41. The Morgan fingerprint density at radius 3 is 1.63 bits per heavy atom. The number of rotatable bonds is 2. The van der Waals surface area contributed by atoms with Gasteiger partial charge in [0.2, 0.25) is 6.10 Å². The van der Waals surface area contributed by atoms with Crippen LogP contribution in [0.5, 0.6) is 0 Å². The van der Waals surface area contributed by atoms with Crippen molar-refractivity contribution < 1.29 is 62.2 Å². The topological polar surface area (TPSA) is 18.5 Å². The monoisotopic (exact) mass is 426 g/mol. The Hall–Kier alpha value is -0.920. The van der Waals surface area contributed by atoms with Gasteiger partial charge in [-0.1, -0.05) is 0 Å². The summed E-state index contributed by atoms with van der Waals surface area (Å²) in [6.45, 7) is 0. The molecule has 1 aliphatic heterocycles. The van der Waals surface area contributed by atoms with Crippen molar-refractivity contribution in [2.24, 2.45) is 17.8 Å². The molecule has 0 amide bonds. The zero-order valence-electron chi connectivity index (χ0n) is 12.7. The van der Waals surface area contributed by atoms with Crippen LogP contribution in [0.3, 0.4) is 0 Å². The molecule has 3 aliphatic rings. The summed E-state index contributed by atoms with van der Waals surface area (Å²) in [7, 11) is 0. The largest absolute Gasteiger partial charge is 0.426 e. The molecule has 14 heteroatoms. The zero-order valence-corrected chi connectivity index (χ0v) is 12.7. The minimum absolute atomic E-state index is 0.434. The number of ether oxygens (including phenoxy) is 2. The molecular weight excluding hydrogens is 416 g/mol. The summed E-state index contributed by atoms with van der Waals surface area (Å²) >= 11 is 0. The van der Waals surface area contributed by atoms with Gasteiger partial charge in [-0.25, -0.2) is 0 Å². The van der Waals surface area contributed by atoms with Crippen LogP contribution in [0.4, 0.5) is 52.7 Å². The average molecular weight is 426 g/mol. The highest BCUT2D eigenvalue weighted by molar-refractivity contribution is 5.21. The third kappa shape index (κ3) is 2.88. The van der Waals surface area contributed by atoms with Gasteiger partial charge in [-0.3, -0.25) is 0 Å². The van der Waals surface area contributed by atoms with Crippen LogP contribution in [-0.2, 0) is 9.47 Å². The molecule has 27 heavy (non-hydrogen) atoms. The minimum atomic E-state index is -5.83. The lowest BCUT2D eigenvalue weighted by Gasteiger charge is -2.57. The summed E-state index contributed by atoms with van der Waals surface area (Å²) < 4.78 is 162. The Morgan fingerprint density at radius 2 is 1.26 bits per heavy atom. The Morgan fingerprint density at radius 1 is 0.778 bits per heavy atom. The first-order valence-corrected chi connectivity index (χ1v) is 7.51. The third-order valence-electron chi connectivity index (χ3n) is 5.41. The second-order valence-electron chi connectivity index (χ2n) is 6.87. The van der Waals surface area contributed by atoms with E-state index in [4.69, 9.17) is 0 Å². The molecule has 2 saturated carbocycles. The van der Waals surface area contributed by atoms with Gasteiger partial charge in [0.05, 0.1) is 12.2 Å². The Bertz CT molecular complexity index is 554. The maximum absolute atomic E-state index is 13.1. The van der Waals surface area contributed by atoms with E-state index in [0.29, 0.717) is 0 Å². The van der Waals surface area contributed by atoms with Crippen LogP contribution in [-0.4, -0.2) is 48.6 Å². The SMILES string of the molecule is FC(F)(F)C(OC1C[C@H]2C[C@H]1C1OC(C(F)(F)F)(C(F)(F)F)C12)C(F)(F)F. The molecule has 1 heterocycles. The van der Waals surface area contributed by atoms with E-state index >= 15 is 0 Å². The van der Waals surface area contributed by atoms with Gasteiger partial charge >= 0.3 is 24.7 Å². The molecule has 3 rings (SSSR count). The standard InChI is InChI=1S/C13H10F12O2/c14-10(15,16)8(11(17,18)19)26-5-2-3-1-4(5)7-6(3)9(27-7,12(20,21)22)13(23,24)25/h3-8H,1-2H2/t3-,4-,5?,6?,7?/m1/s1. The van der Waals surface area contributed by atoms with Crippen LogP contribution in [0, 0.1) is 17.8 Å². The molecule has 0 aromatic rings. The molecule has 0 spiro atoms. The van der Waals surface area contributed by atoms with E-state index < -0.39 is 79.2 Å². The molecule has 1 saturated heterocycles. The average Bonchev–Trinajstić information content (AvgIpc) is 2.82. The number of hydrogen-bond donors (Lipinski definition) is 0. The van der Waals surface area contributed by atoms with Crippen LogP contribution >= 0.6 is 0 Å². The van der Waals surface area contributed by atoms with Gasteiger partial charge in [0, 0.05) is 11.8 Å².